The first-order valence-corrected chi connectivity index (χ1v) is 9.12. The van der Waals surface area contributed by atoms with Crippen LogP contribution in [0.5, 0.6) is 0 Å². The van der Waals surface area contributed by atoms with Gasteiger partial charge in [0.25, 0.3) is 0 Å². The molecule has 3 nitrogen and oxygen atoms in total. The summed E-state index contributed by atoms with van der Waals surface area (Å²) in [5.41, 5.74) is 1.13. The Hall–Kier alpha value is -2.03. The maximum atomic E-state index is 13.0. The fourth-order valence-corrected chi connectivity index (χ4v) is 4.32. The lowest BCUT2D eigenvalue weighted by atomic mass is 9.81. The van der Waals surface area contributed by atoms with Gasteiger partial charge in [-0.25, -0.2) is 0 Å². The van der Waals surface area contributed by atoms with E-state index < -0.39 is 0 Å². The molecule has 0 spiro atoms. The summed E-state index contributed by atoms with van der Waals surface area (Å²) in [6, 6.07) is 7.77. The van der Waals surface area contributed by atoms with Gasteiger partial charge in [0.2, 0.25) is 0 Å². The number of carbonyl (C=O) groups excluding carboxylic acids is 1. The van der Waals surface area contributed by atoms with Gasteiger partial charge in [-0.1, -0.05) is 38.2 Å². The summed E-state index contributed by atoms with van der Waals surface area (Å²) in [6.07, 6.45) is 13.3. The van der Waals surface area contributed by atoms with Crippen LogP contribution >= 0.6 is 0 Å². The molecule has 4 rings (SSSR count). The monoisotopic (exact) mass is 324 g/mol. The van der Waals surface area contributed by atoms with E-state index in [1.54, 1.807) is 12.5 Å². The normalized spacial score (nSPS) is 24.9. The molecule has 0 aromatic carbocycles. The molecule has 24 heavy (non-hydrogen) atoms. The van der Waals surface area contributed by atoms with E-state index in [4.69, 9.17) is 8.83 Å². The molecular weight excluding hydrogens is 300 g/mol. The molecule has 2 unspecified atom stereocenters. The SMILES string of the molecule is O=C(CC1CCCCC1)C1C=C(c2ccco2)CC1c1ccco1. The molecule has 2 aliphatic carbocycles. The van der Waals surface area contributed by atoms with Crippen molar-refractivity contribution in [1.29, 1.82) is 0 Å². The molecule has 2 aliphatic rings. The third-order valence-corrected chi connectivity index (χ3v) is 5.59. The molecule has 126 valence electrons. The van der Waals surface area contributed by atoms with E-state index >= 15 is 0 Å². The number of hydrogen-bond donors (Lipinski definition) is 0. The van der Waals surface area contributed by atoms with Crippen LogP contribution in [0.25, 0.3) is 5.57 Å². The zero-order chi connectivity index (χ0) is 16.4. The first-order chi connectivity index (χ1) is 11.8. The Bertz CT molecular complexity index is 688. The molecule has 1 fully saturated rings. The number of furan rings is 2. The van der Waals surface area contributed by atoms with E-state index in [2.05, 4.69) is 6.08 Å². The highest BCUT2D eigenvalue weighted by molar-refractivity contribution is 5.88. The number of carbonyl (C=O) groups is 1. The van der Waals surface area contributed by atoms with Gasteiger partial charge in [-0.3, -0.25) is 4.79 Å². The number of Topliss-reactive ketones (excluding diaryl/α,β-unsaturated/α-hetero) is 1. The van der Waals surface area contributed by atoms with E-state index in [9.17, 15) is 4.79 Å². The van der Waals surface area contributed by atoms with Crippen molar-refractivity contribution in [2.45, 2.75) is 50.9 Å². The standard InChI is InChI=1S/C21H24O3/c22-19(12-15-6-2-1-3-7-15)17-13-16(20-8-4-10-23-20)14-18(17)21-9-5-11-24-21/h4-5,8-11,13,15,17-18H,1-3,6-7,12,14H2. The van der Waals surface area contributed by atoms with E-state index in [1.165, 1.54) is 32.1 Å². The topological polar surface area (TPSA) is 43.4 Å². The highest BCUT2D eigenvalue weighted by Crippen LogP contribution is 2.44. The van der Waals surface area contributed by atoms with Crippen molar-refractivity contribution in [3.8, 4) is 0 Å². The van der Waals surface area contributed by atoms with Crippen LogP contribution in [0.15, 0.2) is 51.7 Å². The molecule has 2 heterocycles. The molecular formula is C21H24O3. The van der Waals surface area contributed by atoms with Crippen LogP contribution in [0.1, 0.15) is 62.4 Å². The average Bonchev–Trinajstić information content (AvgIpc) is 3.35. The van der Waals surface area contributed by atoms with Gasteiger partial charge in [0.15, 0.2) is 0 Å². The second-order valence-corrected chi connectivity index (χ2v) is 7.20. The summed E-state index contributed by atoms with van der Waals surface area (Å²) in [5, 5.41) is 0. The Kier molecular flexibility index (Phi) is 4.42. The van der Waals surface area contributed by atoms with Gasteiger partial charge in [-0.15, -0.1) is 0 Å². The van der Waals surface area contributed by atoms with Gasteiger partial charge in [-0.2, -0.15) is 0 Å². The van der Waals surface area contributed by atoms with Crippen LogP contribution in [0.3, 0.4) is 0 Å². The van der Waals surface area contributed by atoms with Crippen molar-refractivity contribution in [2.75, 3.05) is 0 Å². The summed E-state index contributed by atoms with van der Waals surface area (Å²) < 4.78 is 11.2. The Morgan fingerprint density at radius 1 is 1.04 bits per heavy atom. The van der Waals surface area contributed by atoms with Gasteiger partial charge >= 0.3 is 0 Å². The minimum atomic E-state index is -0.0850. The first kappa shape index (κ1) is 15.5. The maximum Gasteiger partial charge on any atom is 0.140 e. The maximum absolute atomic E-state index is 13.0. The van der Waals surface area contributed by atoms with Crippen molar-refractivity contribution in [3.05, 3.63) is 54.4 Å². The minimum Gasteiger partial charge on any atom is -0.469 e. The van der Waals surface area contributed by atoms with Crippen LogP contribution in [-0.2, 0) is 4.79 Å². The van der Waals surface area contributed by atoms with Crippen molar-refractivity contribution in [2.24, 2.45) is 11.8 Å². The molecule has 2 aromatic heterocycles. The van der Waals surface area contributed by atoms with E-state index in [0.717, 1.165) is 23.5 Å². The first-order valence-electron chi connectivity index (χ1n) is 9.12. The second kappa shape index (κ2) is 6.84. The Balaban J connectivity index is 1.55. The molecule has 2 atom stereocenters. The average molecular weight is 324 g/mol. The van der Waals surface area contributed by atoms with Crippen molar-refractivity contribution in [1.82, 2.24) is 0 Å². The molecule has 2 aromatic rings. The Morgan fingerprint density at radius 2 is 1.83 bits per heavy atom. The molecule has 0 saturated heterocycles. The van der Waals surface area contributed by atoms with Crippen LogP contribution in [0.2, 0.25) is 0 Å². The summed E-state index contributed by atoms with van der Waals surface area (Å²) in [6.45, 7) is 0. The lowest BCUT2D eigenvalue weighted by Gasteiger charge is -2.23. The number of rotatable bonds is 5. The molecule has 0 amide bonds. The summed E-state index contributed by atoms with van der Waals surface area (Å²) >= 11 is 0. The van der Waals surface area contributed by atoms with Gasteiger partial charge in [-0.05, 0) is 42.2 Å². The zero-order valence-electron chi connectivity index (χ0n) is 13.9. The fraction of sp³-hybridized carbons (Fsp3) is 0.476. The fourth-order valence-electron chi connectivity index (χ4n) is 4.32. The Morgan fingerprint density at radius 3 is 2.54 bits per heavy atom. The molecule has 1 saturated carbocycles. The number of hydrogen-bond acceptors (Lipinski definition) is 3. The summed E-state index contributed by atoms with van der Waals surface area (Å²) in [4.78, 5) is 13.0. The highest BCUT2D eigenvalue weighted by atomic mass is 16.3. The molecule has 0 aliphatic heterocycles. The highest BCUT2D eigenvalue weighted by Gasteiger charge is 2.37. The largest absolute Gasteiger partial charge is 0.469 e. The van der Waals surface area contributed by atoms with E-state index in [-0.39, 0.29) is 11.8 Å². The predicted molar refractivity (Wildman–Crippen MR) is 92.4 cm³/mol. The minimum absolute atomic E-state index is 0.0850. The third-order valence-electron chi connectivity index (χ3n) is 5.59. The Labute approximate surface area is 142 Å². The van der Waals surface area contributed by atoms with Crippen molar-refractivity contribution < 1.29 is 13.6 Å². The van der Waals surface area contributed by atoms with Crippen molar-refractivity contribution in [3.63, 3.8) is 0 Å². The molecule has 0 radical (unpaired) electrons. The smallest absolute Gasteiger partial charge is 0.140 e. The lowest BCUT2D eigenvalue weighted by molar-refractivity contribution is -0.123. The van der Waals surface area contributed by atoms with Crippen LogP contribution in [0.4, 0.5) is 0 Å². The zero-order valence-corrected chi connectivity index (χ0v) is 13.9. The van der Waals surface area contributed by atoms with Crippen molar-refractivity contribution >= 4 is 11.4 Å². The van der Waals surface area contributed by atoms with Crippen LogP contribution in [-0.4, -0.2) is 5.78 Å². The van der Waals surface area contributed by atoms with E-state index in [1.807, 2.05) is 24.3 Å². The van der Waals surface area contributed by atoms with Gasteiger partial charge in [0.05, 0.1) is 12.5 Å². The van der Waals surface area contributed by atoms with Gasteiger partial charge in [0.1, 0.15) is 17.3 Å². The van der Waals surface area contributed by atoms with Crippen LogP contribution < -0.4 is 0 Å². The van der Waals surface area contributed by atoms with Gasteiger partial charge < -0.3 is 8.83 Å². The molecule has 0 bridgehead atoms. The second-order valence-electron chi connectivity index (χ2n) is 7.20. The molecule has 0 N–H and O–H groups in total. The predicted octanol–water partition coefficient (Wildman–Crippen LogP) is 5.60. The quantitative estimate of drug-likeness (QED) is 0.719. The number of allylic oxidation sites excluding steroid dienone is 2. The summed E-state index contributed by atoms with van der Waals surface area (Å²) in [5.74, 6) is 2.75. The third kappa shape index (κ3) is 3.12. The lowest BCUT2D eigenvalue weighted by Crippen LogP contribution is -2.21. The number of ketones is 1. The summed E-state index contributed by atoms with van der Waals surface area (Å²) in [7, 11) is 0. The van der Waals surface area contributed by atoms with E-state index in [0.29, 0.717) is 18.1 Å². The van der Waals surface area contributed by atoms with Crippen LogP contribution in [0, 0.1) is 11.8 Å². The molecule has 3 heteroatoms. The van der Waals surface area contributed by atoms with Gasteiger partial charge in [0, 0.05) is 18.3 Å².